The van der Waals surface area contributed by atoms with Crippen LogP contribution in [0.3, 0.4) is 0 Å². The molecule has 1 saturated heterocycles. The number of nitrogens with zero attached hydrogens (tertiary/aromatic N) is 2. The number of rotatable bonds is 7. The molecule has 7 heteroatoms. The largest absolute Gasteiger partial charge is 0.381 e. The zero-order valence-corrected chi connectivity index (χ0v) is 15.0. The first-order chi connectivity index (χ1) is 12.1. The molecular weight excluding hydrogens is 322 g/mol. The number of aryl methyl sites for hydroxylation is 2. The van der Waals surface area contributed by atoms with E-state index in [-0.39, 0.29) is 30.2 Å². The molecule has 0 aromatic carbocycles. The van der Waals surface area contributed by atoms with Gasteiger partial charge in [-0.3, -0.25) is 9.59 Å². The van der Waals surface area contributed by atoms with Crippen molar-refractivity contribution in [2.75, 3.05) is 26.3 Å². The Morgan fingerprint density at radius 3 is 2.52 bits per heavy atom. The lowest BCUT2D eigenvalue weighted by atomic mass is 10.1. The molecule has 0 radical (unpaired) electrons. The van der Waals surface area contributed by atoms with E-state index >= 15 is 0 Å². The molecule has 3 rings (SSSR count). The van der Waals surface area contributed by atoms with Gasteiger partial charge in [-0.15, -0.1) is 0 Å². The molecular formula is C18H27N3O4. The minimum absolute atomic E-state index is 0.0693. The molecule has 2 aliphatic rings. The molecule has 1 aromatic rings. The number of ether oxygens (including phenoxy) is 1. The van der Waals surface area contributed by atoms with Gasteiger partial charge in [0.15, 0.2) is 0 Å². The fourth-order valence-electron chi connectivity index (χ4n) is 3.33. The summed E-state index contributed by atoms with van der Waals surface area (Å²) in [5.74, 6) is 1.05. The molecule has 1 aliphatic carbocycles. The van der Waals surface area contributed by atoms with Gasteiger partial charge >= 0.3 is 0 Å². The SMILES string of the molecule is Cc1noc(C)c1CC(=O)NCCN(C(=O)C1CC1)C1CCOCC1. The minimum Gasteiger partial charge on any atom is -0.381 e. The number of carbonyl (C=O) groups excluding carboxylic acids is 2. The van der Waals surface area contributed by atoms with Gasteiger partial charge in [-0.1, -0.05) is 5.16 Å². The van der Waals surface area contributed by atoms with Gasteiger partial charge in [0.05, 0.1) is 12.1 Å². The van der Waals surface area contributed by atoms with E-state index in [9.17, 15) is 9.59 Å². The fraction of sp³-hybridized carbons (Fsp3) is 0.722. The molecule has 25 heavy (non-hydrogen) atoms. The maximum atomic E-state index is 12.6. The molecule has 0 spiro atoms. The van der Waals surface area contributed by atoms with E-state index in [0.717, 1.165) is 36.9 Å². The van der Waals surface area contributed by atoms with Crippen LogP contribution >= 0.6 is 0 Å². The maximum Gasteiger partial charge on any atom is 0.225 e. The quantitative estimate of drug-likeness (QED) is 0.804. The van der Waals surface area contributed by atoms with Crippen molar-refractivity contribution in [3.05, 3.63) is 17.0 Å². The second-order valence-corrected chi connectivity index (χ2v) is 6.98. The Morgan fingerprint density at radius 1 is 1.20 bits per heavy atom. The Morgan fingerprint density at radius 2 is 1.92 bits per heavy atom. The van der Waals surface area contributed by atoms with Crippen LogP contribution in [-0.4, -0.2) is 54.2 Å². The first-order valence-electron chi connectivity index (χ1n) is 9.13. The summed E-state index contributed by atoms with van der Waals surface area (Å²) < 4.78 is 10.5. The molecule has 2 fully saturated rings. The van der Waals surface area contributed by atoms with Crippen molar-refractivity contribution in [3.8, 4) is 0 Å². The molecule has 0 unspecified atom stereocenters. The van der Waals surface area contributed by atoms with E-state index in [1.807, 2.05) is 18.7 Å². The van der Waals surface area contributed by atoms with Crippen LogP contribution in [0.15, 0.2) is 4.52 Å². The van der Waals surface area contributed by atoms with Gasteiger partial charge in [0.25, 0.3) is 0 Å². The standard InChI is InChI=1S/C18H27N3O4/c1-12-16(13(2)25-20-12)11-17(22)19-7-8-21(18(23)14-3-4-14)15-5-9-24-10-6-15/h14-15H,3-11H2,1-2H3,(H,19,22). The summed E-state index contributed by atoms with van der Waals surface area (Å²) in [7, 11) is 0. The zero-order chi connectivity index (χ0) is 17.8. The maximum absolute atomic E-state index is 12.6. The van der Waals surface area contributed by atoms with Crippen LogP contribution in [0.2, 0.25) is 0 Å². The van der Waals surface area contributed by atoms with Crippen molar-refractivity contribution in [3.63, 3.8) is 0 Å². The highest BCUT2D eigenvalue weighted by molar-refractivity contribution is 5.82. The van der Waals surface area contributed by atoms with Gasteiger partial charge in [-0.2, -0.15) is 0 Å². The Kier molecular flexibility index (Phi) is 5.73. The molecule has 7 nitrogen and oxygen atoms in total. The van der Waals surface area contributed by atoms with Gasteiger partial charge in [-0.25, -0.2) is 0 Å². The number of nitrogens with one attached hydrogen (secondary N) is 1. The third-order valence-corrected chi connectivity index (χ3v) is 5.03. The van der Waals surface area contributed by atoms with Gasteiger partial charge in [0.1, 0.15) is 5.76 Å². The summed E-state index contributed by atoms with van der Waals surface area (Å²) in [5, 5.41) is 6.79. The zero-order valence-electron chi connectivity index (χ0n) is 15.0. The molecule has 0 atom stereocenters. The number of amides is 2. The Bertz CT molecular complexity index is 598. The first kappa shape index (κ1) is 17.9. The third kappa shape index (κ3) is 4.60. The molecule has 138 valence electrons. The highest BCUT2D eigenvalue weighted by atomic mass is 16.5. The molecule has 1 N–H and O–H groups in total. The Balaban J connectivity index is 1.50. The predicted molar refractivity (Wildman–Crippen MR) is 91.0 cm³/mol. The average molecular weight is 349 g/mol. The number of carbonyl (C=O) groups is 2. The summed E-state index contributed by atoms with van der Waals surface area (Å²) in [4.78, 5) is 26.7. The lowest BCUT2D eigenvalue weighted by Crippen LogP contribution is -2.47. The predicted octanol–water partition coefficient (Wildman–Crippen LogP) is 1.37. The lowest BCUT2D eigenvalue weighted by Gasteiger charge is -2.34. The summed E-state index contributed by atoms with van der Waals surface area (Å²) in [6, 6.07) is 0.237. The summed E-state index contributed by atoms with van der Waals surface area (Å²) in [6.45, 7) is 6.09. The molecule has 1 aromatic heterocycles. The second-order valence-electron chi connectivity index (χ2n) is 6.98. The van der Waals surface area contributed by atoms with Gasteiger partial charge in [-0.05, 0) is 39.5 Å². The van der Waals surface area contributed by atoms with Crippen molar-refractivity contribution in [2.45, 2.75) is 52.0 Å². The molecule has 2 amide bonds. The van der Waals surface area contributed by atoms with E-state index in [4.69, 9.17) is 9.26 Å². The monoisotopic (exact) mass is 349 g/mol. The lowest BCUT2D eigenvalue weighted by molar-refractivity contribution is -0.137. The number of hydrogen-bond donors (Lipinski definition) is 1. The van der Waals surface area contributed by atoms with Crippen molar-refractivity contribution in [1.82, 2.24) is 15.4 Å². The smallest absolute Gasteiger partial charge is 0.225 e. The second kappa shape index (κ2) is 7.99. The van der Waals surface area contributed by atoms with E-state index < -0.39 is 0 Å². The molecule has 1 saturated carbocycles. The number of hydrogen-bond acceptors (Lipinski definition) is 5. The summed E-state index contributed by atoms with van der Waals surface area (Å²) >= 11 is 0. The van der Waals surface area contributed by atoms with Crippen LogP contribution in [0.5, 0.6) is 0 Å². The molecule has 2 heterocycles. The van der Waals surface area contributed by atoms with Gasteiger partial charge in [0.2, 0.25) is 11.8 Å². The summed E-state index contributed by atoms with van der Waals surface area (Å²) in [6.07, 6.45) is 4.01. The van der Waals surface area contributed by atoms with E-state index in [2.05, 4.69) is 10.5 Å². The van der Waals surface area contributed by atoms with Gasteiger partial charge < -0.3 is 19.5 Å². The molecule has 0 bridgehead atoms. The highest BCUT2D eigenvalue weighted by Crippen LogP contribution is 2.32. The van der Waals surface area contributed by atoms with E-state index in [1.165, 1.54) is 0 Å². The average Bonchev–Trinajstić information content (AvgIpc) is 3.42. The van der Waals surface area contributed by atoms with Crippen molar-refractivity contribution in [1.29, 1.82) is 0 Å². The van der Waals surface area contributed by atoms with Crippen LogP contribution in [0.25, 0.3) is 0 Å². The van der Waals surface area contributed by atoms with Crippen molar-refractivity contribution in [2.24, 2.45) is 5.92 Å². The highest BCUT2D eigenvalue weighted by Gasteiger charge is 2.36. The minimum atomic E-state index is -0.0693. The van der Waals surface area contributed by atoms with Crippen LogP contribution in [0, 0.1) is 19.8 Å². The Labute approximate surface area is 148 Å². The van der Waals surface area contributed by atoms with Crippen LogP contribution in [0.4, 0.5) is 0 Å². The van der Waals surface area contributed by atoms with Crippen LogP contribution in [-0.2, 0) is 20.7 Å². The van der Waals surface area contributed by atoms with Crippen LogP contribution < -0.4 is 5.32 Å². The Hall–Kier alpha value is -1.89. The van der Waals surface area contributed by atoms with Crippen molar-refractivity contribution >= 4 is 11.8 Å². The number of aromatic nitrogens is 1. The first-order valence-corrected chi connectivity index (χ1v) is 9.13. The van der Waals surface area contributed by atoms with E-state index in [1.54, 1.807) is 0 Å². The van der Waals surface area contributed by atoms with Gasteiger partial charge in [0, 0.05) is 43.8 Å². The van der Waals surface area contributed by atoms with Crippen molar-refractivity contribution < 1.29 is 18.8 Å². The van der Waals surface area contributed by atoms with Crippen LogP contribution in [0.1, 0.15) is 42.7 Å². The normalized spacial score (nSPS) is 18.2. The topological polar surface area (TPSA) is 84.7 Å². The summed E-state index contributed by atoms with van der Waals surface area (Å²) in [5.41, 5.74) is 1.59. The van der Waals surface area contributed by atoms with E-state index in [0.29, 0.717) is 32.1 Å². The third-order valence-electron chi connectivity index (χ3n) is 5.03. The fourth-order valence-corrected chi connectivity index (χ4v) is 3.33. The molecule has 1 aliphatic heterocycles.